The molecule has 3 atom stereocenters. The van der Waals surface area contributed by atoms with Gasteiger partial charge < -0.3 is 9.47 Å². The first-order valence-electron chi connectivity index (χ1n) is 11.5. The van der Waals surface area contributed by atoms with E-state index in [0.717, 1.165) is 63.8 Å². The van der Waals surface area contributed by atoms with Crippen molar-refractivity contribution in [2.75, 3.05) is 26.0 Å². The molecule has 0 unspecified atom stereocenters. The Hall–Kier alpha value is -1.15. The molecule has 1 aliphatic carbocycles. The van der Waals surface area contributed by atoms with Gasteiger partial charge in [0.1, 0.15) is 11.9 Å². The minimum Gasteiger partial charge on any atom is -0.489 e. The van der Waals surface area contributed by atoms with Crippen LogP contribution in [0, 0.1) is 0 Å². The molecule has 4 aliphatic rings. The van der Waals surface area contributed by atoms with Crippen molar-refractivity contribution in [2.45, 2.75) is 82.1 Å². The van der Waals surface area contributed by atoms with E-state index in [-0.39, 0.29) is 24.3 Å². The third-order valence-electron chi connectivity index (χ3n) is 6.98. The quantitative estimate of drug-likeness (QED) is 0.788. The average Bonchev–Trinajstić information content (AvgIpc) is 2.74. The minimum atomic E-state index is -3.26. The maximum Gasteiger partial charge on any atom is 0.209 e. The lowest BCUT2D eigenvalue weighted by molar-refractivity contribution is -0.0335. The highest BCUT2D eigenvalue weighted by Gasteiger charge is 2.36. The van der Waals surface area contributed by atoms with Crippen LogP contribution in [0.1, 0.15) is 63.4 Å². The van der Waals surface area contributed by atoms with Gasteiger partial charge in [-0.25, -0.2) is 13.1 Å². The first-order valence-corrected chi connectivity index (χ1v) is 13.4. The molecule has 0 aromatic heterocycles. The zero-order valence-corrected chi connectivity index (χ0v) is 19.1. The van der Waals surface area contributed by atoms with Crippen molar-refractivity contribution in [3.63, 3.8) is 0 Å². The van der Waals surface area contributed by atoms with Crippen LogP contribution in [0.25, 0.3) is 0 Å². The topological polar surface area (TPSA) is 67.9 Å². The zero-order valence-electron chi connectivity index (χ0n) is 18.3. The number of piperidine rings is 1. The van der Waals surface area contributed by atoms with Gasteiger partial charge >= 0.3 is 0 Å². The number of benzene rings is 1. The van der Waals surface area contributed by atoms with Gasteiger partial charge in [-0.2, -0.15) is 0 Å². The van der Waals surface area contributed by atoms with E-state index in [1.165, 1.54) is 11.8 Å². The smallest absolute Gasteiger partial charge is 0.209 e. The number of rotatable bonds is 3. The molecule has 1 aromatic rings. The predicted octanol–water partition coefficient (Wildman–Crippen LogP) is 3.28. The fraction of sp³-hybridized carbons (Fsp3) is 0.739. The Bertz CT molecular complexity index is 807. The van der Waals surface area contributed by atoms with Crippen LogP contribution in [-0.4, -0.2) is 63.6 Å². The Morgan fingerprint density at radius 2 is 1.90 bits per heavy atom. The van der Waals surface area contributed by atoms with Crippen molar-refractivity contribution >= 4 is 10.0 Å². The largest absolute Gasteiger partial charge is 0.489 e. The Kier molecular flexibility index (Phi) is 7.02. The molecule has 1 N–H and O–H groups in total. The van der Waals surface area contributed by atoms with Crippen LogP contribution in [-0.2, 0) is 14.8 Å². The highest BCUT2D eigenvalue weighted by molar-refractivity contribution is 7.88. The Morgan fingerprint density at radius 3 is 2.63 bits per heavy atom. The van der Waals surface area contributed by atoms with Crippen LogP contribution in [0.4, 0.5) is 0 Å². The lowest BCUT2D eigenvalue weighted by Crippen LogP contribution is -2.59. The molecule has 168 valence electrons. The van der Waals surface area contributed by atoms with Crippen molar-refractivity contribution in [3.05, 3.63) is 29.8 Å². The highest BCUT2D eigenvalue weighted by Crippen LogP contribution is 2.39. The van der Waals surface area contributed by atoms with Gasteiger partial charge in [0.05, 0.1) is 19.0 Å². The second-order valence-corrected chi connectivity index (χ2v) is 11.0. The second kappa shape index (κ2) is 9.55. The van der Waals surface area contributed by atoms with Gasteiger partial charge in [0.25, 0.3) is 0 Å². The molecule has 0 radical (unpaired) electrons. The van der Waals surface area contributed by atoms with Crippen molar-refractivity contribution < 1.29 is 17.9 Å². The van der Waals surface area contributed by atoms with Crippen LogP contribution >= 0.6 is 0 Å². The van der Waals surface area contributed by atoms with Crippen molar-refractivity contribution in [2.24, 2.45) is 0 Å². The summed E-state index contributed by atoms with van der Waals surface area (Å²) in [6.45, 7) is 4.48. The predicted molar refractivity (Wildman–Crippen MR) is 118 cm³/mol. The van der Waals surface area contributed by atoms with Crippen LogP contribution in [0.5, 0.6) is 5.75 Å². The maximum atomic E-state index is 12.0. The van der Waals surface area contributed by atoms with Gasteiger partial charge in [0, 0.05) is 18.6 Å². The first kappa shape index (κ1) is 22.1. The molecule has 30 heavy (non-hydrogen) atoms. The molecule has 1 saturated carbocycles. The van der Waals surface area contributed by atoms with E-state index in [1.807, 2.05) is 0 Å². The van der Waals surface area contributed by atoms with Gasteiger partial charge in [-0.1, -0.05) is 25.1 Å². The van der Waals surface area contributed by atoms with Crippen LogP contribution in [0.3, 0.4) is 0 Å². The zero-order chi connectivity index (χ0) is 21.1. The average molecular weight is 437 g/mol. The number of sulfonamides is 1. The molecule has 0 spiro atoms. The molecule has 2 bridgehead atoms. The number of hydrogen-bond acceptors (Lipinski definition) is 5. The van der Waals surface area contributed by atoms with Crippen LogP contribution in [0.15, 0.2) is 24.3 Å². The van der Waals surface area contributed by atoms with Crippen molar-refractivity contribution in [1.82, 2.24) is 9.62 Å². The van der Waals surface area contributed by atoms with E-state index in [1.54, 1.807) is 0 Å². The summed E-state index contributed by atoms with van der Waals surface area (Å²) >= 11 is 0. The number of fused-ring (bicyclic) bond motifs is 5. The third kappa shape index (κ3) is 5.36. The lowest BCUT2D eigenvalue weighted by atomic mass is 9.82. The van der Waals surface area contributed by atoms with Crippen LogP contribution < -0.4 is 9.46 Å². The number of hydrogen-bond donors (Lipinski definition) is 1. The fourth-order valence-electron chi connectivity index (χ4n) is 5.38. The Labute approximate surface area is 181 Å². The summed E-state index contributed by atoms with van der Waals surface area (Å²) in [6.07, 6.45) is 8.65. The van der Waals surface area contributed by atoms with E-state index >= 15 is 0 Å². The molecule has 7 heteroatoms. The molecular weight excluding hydrogens is 400 g/mol. The normalized spacial score (nSPS) is 33.3. The van der Waals surface area contributed by atoms with E-state index in [0.29, 0.717) is 12.5 Å². The second-order valence-electron chi connectivity index (χ2n) is 9.19. The summed E-state index contributed by atoms with van der Waals surface area (Å²) in [6, 6.07) is 8.45. The van der Waals surface area contributed by atoms with Gasteiger partial charge in [0.15, 0.2) is 0 Å². The van der Waals surface area contributed by atoms with Crippen molar-refractivity contribution in [1.29, 1.82) is 0 Å². The van der Waals surface area contributed by atoms with E-state index < -0.39 is 10.0 Å². The van der Waals surface area contributed by atoms with E-state index in [9.17, 15) is 8.42 Å². The third-order valence-corrected chi connectivity index (χ3v) is 7.71. The summed E-state index contributed by atoms with van der Waals surface area (Å²) in [4.78, 5) is 2.40. The Balaban J connectivity index is 1.62. The number of ether oxygens (including phenoxy) is 2. The fourth-order valence-corrected chi connectivity index (χ4v) is 6.20. The molecule has 1 aromatic carbocycles. The summed E-state index contributed by atoms with van der Waals surface area (Å²) in [5, 5.41) is 0. The van der Waals surface area contributed by atoms with Gasteiger partial charge in [-0.15, -0.1) is 0 Å². The van der Waals surface area contributed by atoms with Gasteiger partial charge in [-0.3, -0.25) is 4.90 Å². The molecule has 6 nitrogen and oxygen atoms in total. The molecule has 3 heterocycles. The maximum absolute atomic E-state index is 12.0. The number of para-hydroxylation sites is 1. The molecule has 5 rings (SSSR count). The molecule has 3 aliphatic heterocycles. The summed E-state index contributed by atoms with van der Waals surface area (Å²) in [7, 11) is -3.26. The van der Waals surface area contributed by atoms with E-state index in [2.05, 4.69) is 40.8 Å². The van der Waals surface area contributed by atoms with E-state index in [4.69, 9.17) is 9.47 Å². The monoisotopic (exact) mass is 436 g/mol. The molecule has 0 amide bonds. The van der Waals surface area contributed by atoms with Crippen LogP contribution in [0.2, 0.25) is 0 Å². The summed E-state index contributed by atoms with van der Waals surface area (Å²) in [5.41, 5.74) is 1.33. The minimum absolute atomic E-state index is 0.0415. The van der Waals surface area contributed by atoms with Gasteiger partial charge in [-0.05, 0) is 69.0 Å². The molecule has 2 fully saturated rings. The number of nitrogens with zero attached hydrogens (tertiary/aromatic N) is 1. The first-order chi connectivity index (χ1) is 14.4. The molecular formula is C23H36N2O4S. The summed E-state index contributed by atoms with van der Waals surface area (Å²) in [5.74, 6) is 1.55. The Morgan fingerprint density at radius 1 is 1.13 bits per heavy atom. The number of nitrogens with one attached hydrogen (secondary N) is 1. The highest BCUT2D eigenvalue weighted by atomic mass is 32.2. The van der Waals surface area contributed by atoms with Crippen molar-refractivity contribution in [3.8, 4) is 5.75 Å². The standard InChI is InChI=1S/C23H36N2O4S/c1-3-18-15-25-14-6-8-21(24-30(2,26)27)22(25)16-28-19-12-10-17(11-13-19)20-7-4-5-9-23(20)29-18/h4-5,7,9,17-19,21-22,24H,3,6,8,10-16H2,1-2H3/t17-,18-,19+,21-,22-/m0/s1. The SMILES string of the molecule is CC[C@H]1CN2CCC[C@H](NS(C)(=O)=O)[C@@H]2CO[C@H]2CC[C@H](CC2)c2ccccc2O1. The van der Waals surface area contributed by atoms with Gasteiger partial charge in [0.2, 0.25) is 10.0 Å². The molecule has 1 saturated heterocycles. The lowest BCUT2D eigenvalue weighted by Gasteiger charge is -2.43. The summed E-state index contributed by atoms with van der Waals surface area (Å²) < 4.78 is 39.8.